The molecule has 1 aromatic heterocycles. The number of carbonyl (C=O) groups is 2. The molecule has 1 unspecified atom stereocenters. The van der Waals surface area contributed by atoms with E-state index < -0.39 is 17.6 Å². The molecule has 1 aliphatic rings. The van der Waals surface area contributed by atoms with Crippen molar-refractivity contribution in [2.45, 2.75) is 70.9 Å². The molecule has 0 saturated carbocycles. The molecule has 30 heavy (non-hydrogen) atoms. The van der Waals surface area contributed by atoms with Crippen molar-refractivity contribution >= 4 is 17.7 Å². The van der Waals surface area contributed by atoms with E-state index in [4.69, 9.17) is 4.98 Å². The number of hydrogen-bond donors (Lipinski definition) is 4. The second kappa shape index (κ2) is 11.3. The van der Waals surface area contributed by atoms with Gasteiger partial charge >= 0.3 is 5.97 Å². The van der Waals surface area contributed by atoms with Crippen LogP contribution in [-0.4, -0.2) is 69.8 Å². The minimum Gasteiger partial charge on any atom is -0.480 e. The monoisotopic (exact) mass is 420 g/mol. The minimum atomic E-state index is -1.04. The van der Waals surface area contributed by atoms with Crippen LogP contribution >= 0.6 is 0 Å². The summed E-state index contributed by atoms with van der Waals surface area (Å²) in [5.41, 5.74) is 1.49. The van der Waals surface area contributed by atoms with Gasteiger partial charge in [0.2, 0.25) is 5.91 Å². The van der Waals surface area contributed by atoms with Crippen molar-refractivity contribution in [2.24, 2.45) is 0 Å². The summed E-state index contributed by atoms with van der Waals surface area (Å²) >= 11 is 0. The largest absolute Gasteiger partial charge is 0.480 e. The fourth-order valence-corrected chi connectivity index (χ4v) is 3.78. The molecule has 0 aromatic carbocycles. The number of nitrogens with zero attached hydrogens (tertiary/aromatic N) is 2. The van der Waals surface area contributed by atoms with E-state index in [1.54, 1.807) is 13.8 Å². The van der Waals surface area contributed by atoms with Crippen molar-refractivity contribution in [3.05, 3.63) is 23.4 Å². The van der Waals surface area contributed by atoms with Crippen LogP contribution in [0.2, 0.25) is 0 Å². The third kappa shape index (κ3) is 8.67. The number of rotatable bonds is 12. The smallest absolute Gasteiger partial charge is 0.326 e. The van der Waals surface area contributed by atoms with E-state index in [1.165, 1.54) is 12.5 Å². The highest BCUT2D eigenvalue weighted by Gasteiger charge is 2.22. The summed E-state index contributed by atoms with van der Waals surface area (Å²) in [6.45, 7) is 7.46. The van der Waals surface area contributed by atoms with Gasteiger partial charge in [-0.05, 0) is 70.5 Å². The van der Waals surface area contributed by atoms with Gasteiger partial charge in [0, 0.05) is 32.3 Å². The molecular weight excluding hydrogens is 384 g/mol. The van der Waals surface area contributed by atoms with Gasteiger partial charge in [0.15, 0.2) is 0 Å². The van der Waals surface area contributed by atoms with Crippen LogP contribution in [0.5, 0.6) is 0 Å². The zero-order valence-electron chi connectivity index (χ0n) is 18.4. The summed E-state index contributed by atoms with van der Waals surface area (Å²) < 4.78 is 0. The summed E-state index contributed by atoms with van der Waals surface area (Å²) in [6, 6.07) is 3.35. The number of aliphatic hydroxyl groups is 1. The number of anilines is 1. The Morgan fingerprint density at radius 1 is 1.30 bits per heavy atom. The molecule has 1 atom stereocenters. The second-order valence-corrected chi connectivity index (χ2v) is 8.77. The van der Waals surface area contributed by atoms with E-state index in [0.717, 1.165) is 56.7 Å². The maximum absolute atomic E-state index is 11.4. The molecule has 8 heteroatoms. The van der Waals surface area contributed by atoms with Crippen LogP contribution in [0.1, 0.15) is 57.7 Å². The Morgan fingerprint density at radius 3 is 2.73 bits per heavy atom. The number of aromatic nitrogens is 1. The lowest BCUT2D eigenvalue weighted by Crippen LogP contribution is -2.45. The standard InChI is InChI=1S/C22H36N4O4/c1-16(27)24-19(21(28)29)11-14-26(15-22(2,3)30)13-5-4-8-18-10-9-17-7-6-12-23-20(17)25-18/h9-10,19,30H,4-8,11-15H2,1-3H3,(H,23,25)(H,24,27)(H,28,29). The van der Waals surface area contributed by atoms with Gasteiger partial charge in [0.05, 0.1) is 5.60 Å². The van der Waals surface area contributed by atoms with Gasteiger partial charge in [0.1, 0.15) is 11.9 Å². The van der Waals surface area contributed by atoms with Gasteiger partial charge in [0.25, 0.3) is 0 Å². The molecule has 2 rings (SSSR count). The quantitative estimate of drug-likeness (QED) is 0.381. The molecule has 0 radical (unpaired) electrons. The fraction of sp³-hybridized carbons (Fsp3) is 0.682. The topological polar surface area (TPSA) is 115 Å². The number of carboxylic acids is 1. The van der Waals surface area contributed by atoms with Crippen molar-refractivity contribution in [3.8, 4) is 0 Å². The number of hydrogen-bond acceptors (Lipinski definition) is 6. The highest BCUT2D eigenvalue weighted by Crippen LogP contribution is 2.20. The van der Waals surface area contributed by atoms with Gasteiger partial charge in [-0.3, -0.25) is 4.79 Å². The lowest BCUT2D eigenvalue weighted by atomic mass is 10.1. The van der Waals surface area contributed by atoms with Gasteiger partial charge in [-0.1, -0.05) is 6.07 Å². The maximum atomic E-state index is 11.4. The minimum absolute atomic E-state index is 0.295. The number of nitrogens with one attached hydrogen (secondary N) is 2. The summed E-state index contributed by atoms with van der Waals surface area (Å²) in [4.78, 5) is 29.4. The van der Waals surface area contributed by atoms with Gasteiger partial charge < -0.3 is 25.7 Å². The number of fused-ring (bicyclic) bond motifs is 1. The molecular formula is C22H36N4O4. The normalized spacial score (nSPS) is 14.7. The predicted octanol–water partition coefficient (Wildman–Crippen LogP) is 1.81. The SMILES string of the molecule is CC(=O)NC(CCN(CCCCc1ccc2c(n1)NCCC2)CC(C)(C)O)C(=O)O. The Bertz CT molecular complexity index is 718. The van der Waals surface area contributed by atoms with Gasteiger partial charge in [-0.15, -0.1) is 0 Å². The Labute approximate surface area is 179 Å². The van der Waals surface area contributed by atoms with Crippen LogP contribution < -0.4 is 10.6 Å². The molecule has 168 valence electrons. The summed E-state index contributed by atoms with van der Waals surface area (Å²) in [7, 11) is 0. The van der Waals surface area contributed by atoms with Crippen LogP contribution in [0, 0.1) is 0 Å². The van der Waals surface area contributed by atoms with E-state index >= 15 is 0 Å². The molecule has 0 fully saturated rings. The number of aryl methyl sites for hydroxylation is 2. The van der Waals surface area contributed by atoms with Gasteiger partial charge in [-0.25, -0.2) is 9.78 Å². The van der Waals surface area contributed by atoms with Crippen molar-refractivity contribution < 1.29 is 19.8 Å². The molecule has 0 spiro atoms. The van der Waals surface area contributed by atoms with E-state index in [2.05, 4.69) is 27.7 Å². The predicted molar refractivity (Wildman–Crippen MR) is 117 cm³/mol. The Hall–Kier alpha value is -2.19. The number of amides is 1. The lowest BCUT2D eigenvalue weighted by molar-refractivity contribution is -0.141. The lowest BCUT2D eigenvalue weighted by Gasteiger charge is -2.30. The molecule has 0 aliphatic carbocycles. The molecule has 4 N–H and O–H groups in total. The highest BCUT2D eigenvalue weighted by molar-refractivity contribution is 5.82. The summed E-state index contributed by atoms with van der Waals surface area (Å²) in [6.07, 6.45) is 5.29. The molecule has 0 saturated heterocycles. The molecule has 8 nitrogen and oxygen atoms in total. The number of carbonyl (C=O) groups excluding carboxylic acids is 1. The second-order valence-electron chi connectivity index (χ2n) is 8.77. The Morgan fingerprint density at radius 2 is 2.07 bits per heavy atom. The number of pyridine rings is 1. The summed E-state index contributed by atoms with van der Waals surface area (Å²) in [5, 5.41) is 25.3. The van der Waals surface area contributed by atoms with Crippen LogP contribution in [0.25, 0.3) is 0 Å². The molecule has 0 bridgehead atoms. The van der Waals surface area contributed by atoms with E-state index in [1.807, 2.05) is 0 Å². The molecule has 1 aliphatic heterocycles. The first kappa shape index (κ1) is 24.1. The van der Waals surface area contributed by atoms with Crippen molar-refractivity contribution in [1.29, 1.82) is 0 Å². The zero-order chi connectivity index (χ0) is 22.1. The molecule has 2 heterocycles. The third-order valence-corrected chi connectivity index (χ3v) is 5.13. The van der Waals surface area contributed by atoms with Crippen molar-refractivity contribution in [2.75, 3.05) is 31.5 Å². The van der Waals surface area contributed by atoms with Crippen LogP contribution in [-0.2, 0) is 22.4 Å². The average molecular weight is 421 g/mol. The zero-order valence-corrected chi connectivity index (χ0v) is 18.4. The van der Waals surface area contributed by atoms with Crippen LogP contribution in [0.15, 0.2) is 12.1 Å². The van der Waals surface area contributed by atoms with E-state index in [0.29, 0.717) is 19.5 Å². The first-order valence-corrected chi connectivity index (χ1v) is 10.8. The number of carboxylic acid groups (broad SMARTS) is 1. The Kier molecular flexibility index (Phi) is 9.05. The summed E-state index contributed by atoms with van der Waals surface area (Å²) in [5.74, 6) is -0.385. The third-order valence-electron chi connectivity index (χ3n) is 5.13. The van der Waals surface area contributed by atoms with E-state index in [-0.39, 0.29) is 5.91 Å². The Balaban J connectivity index is 1.83. The van der Waals surface area contributed by atoms with Crippen molar-refractivity contribution in [1.82, 2.24) is 15.2 Å². The number of unbranched alkanes of at least 4 members (excludes halogenated alkanes) is 1. The number of aliphatic carboxylic acids is 1. The first-order chi connectivity index (χ1) is 14.1. The van der Waals surface area contributed by atoms with E-state index in [9.17, 15) is 19.8 Å². The van der Waals surface area contributed by atoms with Crippen LogP contribution in [0.4, 0.5) is 5.82 Å². The first-order valence-electron chi connectivity index (χ1n) is 10.8. The molecule has 1 aromatic rings. The average Bonchev–Trinajstić information content (AvgIpc) is 2.66. The van der Waals surface area contributed by atoms with Crippen molar-refractivity contribution in [3.63, 3.8) is 0 Å². The fourth-order valence-electron chi connectivity index (χ4n) is 3.78. The van der Waals surface area contributed by atoms with Gasteiger partial charge in [-0.2, -0.15) is 0 Å². The molecule has 1 amide bonds. The maximum Gasteiger partial charge on any atom is 0.326 e. The van der Waals surface area contributed by atoms with Crippen LogP contribution in [0.3, 0.4) is 0 Å². The highest BCUT2D eigenvalue weighted by atomic mass is 16.4.